The first-order valence-corrected chi connectivity index (χ1v) is 7.06. The van der Waals surface area contributed by atoms with E-state index in [-0.39, 0.29) is 0 Å². The van der Waals surface area contributed by atoms with E-state index in [0.717, 1.165) is 5.56 Å². The van der Waals surface area contributed by atoms with Crippen LogP contribution in [-0.4, -0.2) is 9.97 Å². The summed E-state index contributed by atoms with van der Waals surface area (Å²) in [4.78, 5) is 27.2. The predicted molar refractivity (Wildman–Crippen MR) is 88.2 cm³/mol. The lowest BCUT2D eigenvalue weighted by Crippen LogP contribution is -2.22. The SMILES string of the molecule is O=c1cc(Nc2cccc(OCc3ccccc3)c2)[nH]c(=O)[nH]1. The van der Waals surface area contributed by atoms with E-state index >= 15 is 0 Å². The fourth-order valence-corrected chi connectivity index (χ4v) is 2.10. The van der Waals surface area contributed by atoms with E-state index in [0.29, 0.717) is 23.9 Å². The molecule has 6 nitrogen and oxygen atoms in total. The Bertz CT molecular complexity index is 872. The van der Waals surface area contributed by atoms with Gasteiger partial charge in [-0.05, 0) is 17.7 Å². The molecule has 1 heterocycles. The maximum atomic E-state index is 11.3. The number of nitrogens with one attached hydrogen (secondary N) is 3. The average molecular weight is 309 g/mol. The summed E-state index contributed by atoms with van der Waals surface area (Å²) in [6.07, 6.45) is 0. The number of ether oxygens (including phenoxy) is 1. The number of rotatable bonds is 5. The van der Waals surface area contributed by atoms with Crippen LogP contribution in [0.2, 0.25) is 0 Å². The summed E-state index contributed by atoms with van der Waals surface area (Å²) in [5.41, 5.74) is 0.755. The molecule has 0 saturated heterocycles. The second-order valence-electron chi connectivity index (χ2n) is 4.93. The van der Waals surface area contributed by atoms with Crippen LogP contribution in [0.3, 0.4) is 0 Å². The molecule has 0 unspecified atom stereocenters. The molecule has 116 valence electrons. The lowest BCUT2D eigenvalue weighted by Gasteiger charge is -2.09. The smallest absolute Gasteiger partial charge is 0.327 e. The molecule has 0 spiro atoms. The van der Waals surface area contributed by atoms with Gasteiger partial charge in [0.2, 0.25) is 0 Å². The second kappa shape index (κ2) is 6.65. The van der Waals surface area contributed by atoms with Gasteiger partial charge in [-0.25, -0.2) is 4.79 Å². The van der Waals surface area contributed by atoms with Crippen LogP contribution >= 0.6 is 0 Å². The van der Waals surface area contributed by atoms with Crippen LogP contribution < -0.4 is 21.3 Å². The first-order valence-electron chi connectivity index (χ1n) is 7.06. The van der Waals surface area contributed by atoms with Gasteiger partial charge in [0.05, 0.1) is 0 Å². The lowest BCUT2D eigenvalue weighted by molar-refractivity contribution is 0.306. The zero-order valence-corrected chi connectivity index (χ0v) is 12.2. The highest BCUT2D eigenvalue weighted by Gasteiger charge is 2.01. The van der Waals surface area contributed by atoms with Gasteiger partial charge in [0.25, 0.3) is 5.56 Å². The molecule has 0 bridgehead atoms. The van der Waals surface area contributed by atoms with E-state index in [1.807, 2.05) is 48.5 Å². The van der Waals surface area contributed by atoms with Crippen molar-refractivity contribution < 1.29 is 4.74 Å². The molecule has 0 saturated carbocycles. The molecule has 6 heteroatoms. The Balaban J connectivity index is 1.72. The fraction of sp³-hybridized carbons (Fsp3) is 0.0588. The van der Waals surface area contributed by atoms with Gasteiger partial charge in [-0.15, -0.1) is 0 Å². The zero-order chi connectivity index (χ0) is 16.1. The van der Waals surface area contributed by atoms with E-state index in [9.17, 15) is 9.59 Å². The van der Waals surface area contributed by atoms with Crippen molar-refractivity contribution in [2.45, 2.75) is 6.61 Å². The molecule has 0 atom stereocenters. The molecule has 0 aliphatic heterocycles. The van der Waals surface area contributed by atoms with Crippen molar-refractivity contribution in [3.05, 3.63) is 87.1 Å². The minimum atomic E-state index is -0.559. The van der Waals surface area contributed by atoms with Gasteiger partial charge in [-0.3, -0.25) is 14.8 Å². The number of H-pyrrole nitrogens is 2. The minimum absolute atomic E-state index is 0.318. The van der Waals surface area contributed by atoms with Gasteiger partial charge in [-0.1, -0.05) is 36.4 Å². The van der Waals surface area contributed by atoms with Crippen molar-refractivity contribution in [3.63, 3.8) is 0 Å². The molecule has 23 heavy (non-hydrogen) atoms. The summed E-state index contributed by atoms with van der Waals surface area (Å²) < 4.78 is 5.74. The molecule has 1 aromatic heterocycles. The summed E-state index contributed by atoms with van der Waals surface area (Å²) in [5, 5.41) is 2.97. The van der Waals surface area contributed by atoms with Crippen molar-refractivity contribution in [3.8, 4) is 5.75 Å². The first kappa shape index (κ1) is 14.6. The van der Waals surface area contributed by atoms with Gasteiger partial charge >= 0.3 is 5.69 Å². The molecule has 3 N–H and O–H groups in total. The Labute approximate surface area is 131 Å². The summed E-state index contributed by atoms with van der Waals surface area (Å²) in [5.74, 6) is 1.00. The third-order valence-electron chi connectivity index (χ3n) is 3.12. The number of aromatic nitrogens is 2. The Kier molecular flexibility index (Phi) is 4.24. The van der Waals surface area contributed by atoms with Gasteiger partial charge in [-0.2, -0.15) is 0 Å². The van der Waals surface area contributed by atoms with Gasteiger partial charge in [0, 0.05) is 17.8 Å². The molecule has 3 rings (SSSR count). The summed E-state index contributed by atoms with van der Waals surface area (Å²) in [6.45, 7) is 0.464. The lowest BCUT2D eigenvalue weighted by atomic mass is 10.2. The van der Waals surface area contributed by atoms with Gasteiger partial charge < -0.3 is 10.1 Å². The zero-order valence-electron chi connectivity index (χ0n) is 12.2. The Hall–Kier alpha value is -3.28. The minimum Gasteiger partial charge on any atom is -0.489 e. The molecular formula is C17H15N3O3. The standard InChI is InChI=1S/C17H15N3O3/c21-16-10-15(19-17(22)20-16)18-13-7-4-8-14(9-13)23-11-12-5-2-1-3-6-12/h1-10H,11H2,(H3,18,19,20,21,22). The maximum absolute atomic E-state index is 11.3. The third-order valence-corrected chi connectivity index (χ3v) is 3.12. The highest BCUT2D eigenvalue weighted by molar-refractivity contribution is 5.57. The molecule has 0 fully saturated rings. The number of hydrogen-bond acceptors (Lipinski definition) is 4. The van der Waals surface area contributed by atoms with Crippen molar-refractivity contribution >= 4 is 11.5 Å². The number of aromatic amines is 2. The molecule has 2 aromatic carbocycles. The Morgan fingerprint density at radius 2 is 1.74 bits per heavy atom. The summed E-state index contributed by atoms with van der Waals surface area (Å²) in [7, 11) is 0. The van der Waals surface area contributed by atoms with Crippen molar-refractivity contribution in [2.24, 2.45) is 0 Å². The van der Waals surface area contributed by atoms with Crippen LogP contribution in [0.4, 0.5) is 11.5 Å². The fourth-order valence-electron chi connectivity index (χ4n) is 2.10. The highest BCUT2D eigenvalue weighted by Crippen LogP contribution is 2.20. The topological polar surface area (TPSA) is 87.0 Å². The van der Waals surface area contributed by atoms with E-state index in [4.69, 9.17) is 4.74 Å². The van der Waals surface area contributed by atoms with Crippen molar-refractivity contribution in [1.29, 1.82) is 0 Å². The van der Waals surface area contributed by atoms with E-state index in [1.165, 1.54) is 6.07 Å². The van der Waals surface area contributed by atoms with Crippen molar-refractivity contribution in [1.82, 2.24) is 9.97 Å². The average Bonchev–Trinajstić information content (AvgIpc) is 2.53. The molecule has 0 aliphatic rings. The Morgan fingerprint density at radius 1 is 0.913 bits per heavy atom. The molecule has 3 aromatic rings. The molecular weight excluding hydrogens is 294 g/mol. The molecule has 0 radical (unpaired) electrons. The van der Waals surface area contributed by atoms with Crippen LogP contribution in [0, 0.1) is 0 Å². The molecule has 0 amide bonds. The number of hydrogen-bond donors (Lipinski definition) is 3. The number of anilines is 2. The van der Waals surface area contributed by atoms with E-state index in [1.54, 1.807) is 6.07 Å². The van der Waals surface area contributed by atoms with Gasteiger partial charge in [0.1, 0.15) is 18.2 Å². The van der Waals surface area contributed by atoms with E-state index < -0.39 is 11.2 Å². The largest absolute Gasteiger partial charge is 0.489 e. The highest BCUT2D eigenvalue weighted by atomic mass is 16.5. The third kappa shape index (κ3) is 4.10. The summed E-state index contributed by atoms with van der Waals surface area (Å²) in [6, 6.07) is 18.4. The summed E-state index contributed by atoms with van der Waals surface area (Å²) >= 11 is 0. The van der Waals surface area contributed by atoms with Crippen LogP contribution in [0.1, 0.15) is 5.56 Å². The van der Waals surface area contributed by atoms with Crippen molar-refractivity contribution in [2.75, 3.05) is 5.32 Å². The number of benzene rings is 2. The van der Waals surface area contributed by atoms with E-state index in [2.05, 4.69) is 15.3 Å². The predicted octanol–water partition coefficient (Wildman–Crippen LogP) is 2.39. The first-order chi connectivity index (χ1) is 11.2. The van der Waals surface area contributed by atoms with Crippen LogP contribution in [0.5, 0.6) is 5.75 Å². The Morgan fingerprint density at radius 3 is 2.52 bits per heavy atom. The van der Waals surface area contributed by atoms with Crippen LogP contribution in [0.25, 0.3) is 0 Å². The second-order valence-corrected chi connectivity index (χ2v) is 4.93. The monoisotopic (exact) mass is 309 g/mol. The van der Waals surface area contributed by atoms with Crippen LogP contribution in [-0.2, 0) is 6.61 Å². The quantitative estimate of drug-likeness (QED) is 0.675. The molecule has 0 aliphatic carbocycles. The normalized spacial score (nSPS) is 10.3. The maximum Gasteiger partial charge on any atom is 0.327 e. The van der Waals surface area contributed by atoms with Gasteiger partial charge in [0.15, 0.2) is 0 Å². The van der Waals surface area contributed by atoms with Crippen LogP contribution in [0.15, 0.2) is 70.3 Å².